The van der Waals surface area contributed by atoms with Crippen molar-refractivity contribution < 1.29 is 9.47 Å². The van der Waals surface area contributed by atoms with Crippen molar-refractivity contribution in [2.24, 2.45) is 0 Å². The average molecular weight is 399 g/mol. The van der Waals surface area contributed by atoms with Crippen LogP contribution in [-0.2, 0) is 13.0 Å². The number of hydrogen-bond donors (Lipinski definition) is 0. The summed E-state index contributed by atoms with van der Waals surface area (Å²) in [4.78, 5) is 4.12. The number of ether oxygens (including phenoxy) is 2. The van der Waals surface area contributed by atoms with E-state index in [1.54, 1.807) is 6.20 Å². The largest absolute Gasteiger partial charge is 0.488 e. The monoisotopic (exact) mass is 398 g/mol. The molecule has 1 heterocycles. The Morgan fingerprint density at radius 2 is 1.82 bits per heavy atom. The molecule has 3 rings (SSSR count). The third kappa shape index (κ3) is 6.31. The Bertz CT molecular complexity index is 855. The Kier molecular flexibility index (Phi) is 6.63. The minimum atomic E-state index is -0.194. The Labute approximate surface area is 172 Å². The van der Waals surface area contributed by atoms with Gasteiger partial charge in [-0.25, -0.2) is 4.98 Å². The summed E-state index contributed by atoms with van der Waals surface area (Å²) in [5, 5.41) is 0.627. The van der Waals surface area contributed by atoms with E-state index in [1.807, 2.05) is 74.3 Å². The van der Waals surface area contributed by atoms with Gasteiger partial charge >= 0.3 is 0 Å². The molecule has 0 saturated heterocycles. The number of aryl methyl sites for hydroxylation is 1. The molecule has 4 nitrogen and oxygen atoms in total. The number of imidazole rings is 1. The van der Waals surface area contributed by atoms with Gasteiger partial charge in [0.2, 0.25) is 0 Å². The number of benzene rings is 2. The number of para-hydroxylation sites is 1. The molecule has 5 heteroatoms. The first-order chi connectivity index (χ1) is 13.4. The molecule has 0 fully saturated rings. The lowest BCUT2D eigenvalue weighted by Gasteiger charge is -2.22. The van der Waals surface area contributed by atoms with Crippen LogP contribution in [0.2, 0.25) is 5.02 Å². The van der Waals surface area contributed by atoms with E-state index < -0.39 is 0 Å². The van der Waals surface area contributed by atoms with E-state index in [-0.39, 0.29) is 11.7 Å². The molecule has 1 atom stereocenters. The summed E-state index contributed by atoms with van der Waals surface area (Å²) >= 11 is 6.28. The van der Waals surface area contributed by atoms with Crippen molar-refractivity contribution >= 4 is 11.6 Å². The lowest BCUT2D eigenvalue weighted by Crippen LogP contribution is -2.24. The SMILES string of the molecule is CC(C)(C)Oc1ccc(CCC(Cn2ccnc2)Oc2ccccc2Cl)cc1. The standard InChI is InChI=1S/C23H27ClN2O2/c1-23(2,3)28-19-11-8-18(9-12-19)10-13-20(16-26-15-14-25-17-26)27-22-7-5-4-6-21(22)24/h4-9,11-12,14-15,17,20H,10,13,16H2,1-3H3. The van der Waals surface area contributed by atoms with Crippen LogP contribution in [0.3, 0.4) is 0 Å². The van der Waals surface area contributed by atoms with Gasteiger partial charge in [0.1, 0.15) is 23.2 Å². The highest BCUT2D eigenvalue weighted by Crippen LogP contribution is 2.26. The van der Waals surface area contributed by atoms with Gasteiger partial charge < -0.3 is 14.0 Å². The zero-order valence-electron chi connectivity index (χ0n) is 16.6. The fourth-order valence-electron chi connectivity index (χ4n) is 2.94. The van der Waals surface area contributed by atoms with E-state index in [4.69, 9.17) is 21.1 Å². The van der Waals surface area contributed by atoms with Crippen LogP contribution in [0.15, 0.2) is 67.3 Å². The van der Waals surface area contributed by atoms with E-state index in [2.05, 4.69) is 17.1 Å². The number of hydrogen-bond acceptors (Lipinski definition) is 3. The predicted octanol–water partition coefficient (Wildman–Crippen LogP) is 5.79. The van der Waals surface area contributed by atoms with Crippen molar-refractivity contribution in [2.45, 2.75) is 51.9 Å². The van der Waals surface area contributed by atoms with E-state index in [0.29, 0.717) is 10.8 Å². The van der Waals surface area contributed by atoms with Gasteiger partial charge in [-0.15, -0.1) is 0 Å². The summed E-state index contributed by atoms with van der Waals surface area (Å²) in [6, 6.07) is 15.9. The van der Waals surface area contributed by atoms with Crippen LogP contribution in [0, 0.1) is 0 Å². The minimum absolute atomic E-state index is 0.0143. The molecule has 0 bridgehead atoms. The van der Waals surface area contributed by atoms with Crippen LogP contribution in [0.25, 0.3) is 0 Å². The normalized spacial score (nSPS) is 12.6. The maximum atomic E-state index is 6.28. The zero-order valence-corrected chi connectivity index (χ0v) is 17.4. The molecule has 0 spiro atoms. The molecule has 0 radical (unpaired) electrons. The maximum absolute atomic E-state index is 6.28. The second-order valence-electron chi connectivity index (χ2n) is 7.83. The number of halogens is 1. The van der Waals surface area contributed by atoms with Gasteiger partial charge in [-0.2, -0.15) is 0 Å². The van der Waals surface area contributed by atoms with Gasteiger partial charge in [-0.05, 0) is 63.4 Å². The van der Waals surface area contributed by atoms with Crippen LogP contribution in [0.5, 0.6) is 11.5 Å². The summed E-state index contributed by atoms with van der Waals surface area (Å²) < 4.78 is 14.1. The fourth-order valence-corrected chi connectivity index (χ4v) is 3.12. The van der Waals surface area contributed by atoms with Gasteiger partial charge in [0.05, 0.1) is 17.9 Å². The lowest BCUT2D eigenvalue weighted by atomic mass is 10.1. The van der Waals surface area contributed by atoms with Crippen LogP contribution in [0.1, 0.15) is 32.8 Å². The summed E-state index contributed by atoms with van der Waals surface area (Å²) in [6.07, 6.45) is 7.28. The number of nitrogens with zero attached hydrogens (tertiary/aromatic N) is 2. The molecule has 0 N–H and O–H groups in total. The Morgan fingerprint density at radius 1 is 1.07 bits per heavy atom. The van der Waals surface area contributed by atoms with E-state index in [1.165, 1.54) is 5.56 Å². The molecule has 1 aromatic heterocycles. The second-order valence-corrected chi connectivity index (χ2v) is 8.23. The molecule has 1 unspecified atom stereocenters. The molecular weight excluding hydrogens is 372 g/mol. The highest BCUT2D eigenvalue weighted by molar-refractivity contribution is 6.32. The molecule has 0 saturated carbocycles. The first-order valence-electron chi connectivity index (χ1n) is 9.54. The van der Waals surface area contributed by atoms with Gasteiger partial charge in [-0.1, -0.05) is 35.9 Å². The Hall–Kier alpha value is -2.46. The third-order valence-corrected chi connectivity index (χ3v) is 4.52. The van der Waals surface area contributed by atoms with Crippen molar-refractivity contribution in [1.82, 2.24) is 9.55 Å². The smallest absolute Gasteiger partial charge is 0.138 e. The molecule has 0 amide bonds. The van der Waals surface area contributed by atoms with E-state index in [9.17, 15) is 0 Å². The molecule has 0 aliphatic carbocycles. The van der Waals surface area contributed by atoms with Crippen molar-refractivity contribution in [2.75, 3.05) is 0 Å². The molecule has 28 heavy (non-hydrogen) atoms. The van der Waals surface area contributed by atoms with Gasteiger partial charge in [0, 0.05) is 12.4 Å². The van der Waals surface area contributed by atoms with Gasteiger partial charge in [0.15, 0.2) is 0 Å². The van der Waals surface area contributed by atoms with Crippen molar-refractivity contribution in [3.63, 3.8) is 0 Å². The predicted molar refractivity (Wildman–Crippen MR) is 113 cm³/mol. The third-order valence-electron chi connectivity index (χ3n) is 4.21. The minimum Gasteiger partial charge on any atom is -0.488 e. The topological polar surface area (TPSA) is 36.3 Å². The van der Waals surface area contributed by atoms with E-state index in [0.717, 1.165) is 25.1 Å². The van der Waals surface area contributed by atoms with Crippen LogP contribution >= 0.6 is 11.6 Å². The Balaban J connectivity index is 1.64. The van der Waals surface area contributed by atoms with Crippen LogP contribution in [0.4, 0.5) is 0 Å². The lowest BCUT2D eigenvalue weighted by molar-refractivity contribution is 0.131. The van der Waals surface area contributed by atoms with Crippen LogP contribution in [-0.4, -0.2) is 21.3 Å². The first-order valence-corrected chi connectivity index (χ1v) is 9.92. The van der Waals surface area contributed by atoms with Crippen molar-refractivity contribution in [3.8, 4) is 11.5 Å². The molecule has 0 aliphatic heterocycles. The molecule has 148 valence electrons. The van der Waals surface area contributed by atoms with Crippen molar-refractivity contribution in [1.29, 1.82) is 0 Å². The summed E-state index contributed by atoms with van der Waals surface area (Å²) in [5.74, 6) is 1.60. The molecule has 3 aromatic rings. The molecule has 2 aromatic carbocycles. The highest BCUT2D eigenvalue weighted by atomic mass is 35.5. The average Bonchev–Trinajstić information content (AvgIpc) is 3.14. The zero-order chi connectivity index (χ0) is 20.0. The highest BCUT2D eigenvalue weighted by Gasteiger charge is 2.15. The van der Waals surface area contributed by atoms with Crippen molar-refractivity contribution in [3.05, 3.63) is 77.8 Å². The number of aromatic nitrogens is 2. The van der Waals surface area contributed by atoms with E-state index >= 15 is 0 Å². The summed E-state index contributed by atoms with van der Waals surface area (Å²) in [6.45, 7) is 6.87. The summed E-state index contributed by atoms with van der Waals surface area (Å²) in [7, 11) is 0. The molecular formula is C23H27ClN2O2. The Morgan fingerprint density at radius 3 is 2.46 bits per heavy atom. The van der Waals surface area contributed by atoms with Gasteiger partial charge in [-0.3, -0.25) is 0 Å². The second kappa shape index (κ2) is 9.16. The van der Waals surface area contributed by atoms with Gasteiger partial charge in [0.25, 0.3) is 0 Å². The number of rotatable bonds is 8. The quantitative estimate of drug-likeness (QED) is 0.481. The fraction of sp³-hybridized carbons (Fsp3) is 0.348. The first kappa shape index (κ1) is 20.3. The molecule has 0 aliphatic rings. The van der Waals surface area contributed by atoms with Crippen LogP contribution < -0.4 is 9.47 Å². The maximum Gasteiger partial charge on any atom is 0.138 e. The summed E-state index contributed by atoms with van der Waals surface area (Å²) in [5.41, 5.74) is 1.06.